The fourth-order valence-electron chi connectivity index (χ4n) is 1.79. The molecule has 0 fully saturated rings. The standard InChI is InChI=1S/C17H13BrCl2N2O2/c1-2-7-24-16-6-3-12(18)8-11(16)10-21-22-17(23)14-5-4-13(19)9-15(14)20/h2-6,8-10H,1,7H2,(H,22,23)/b21-10-. The molecular formula is C17H13BrCl2N2O2. The molecule has 0 unspecified atom stereocenters. The Labute approximate surface area is 158 Å². The largest absolute Gasteiger partial charge is 0.489 e. The van der Waals surface area contributed by atoms with Gasteiger partial charge in [-0.25, -0.2) is 5.43 Å². The average molecular weight is 428 g/mol. The summed E-state index contributed by atoms with van der Waals surface area (Å²) in [5.41, 5.74) is 3.41. The van der Waals surface area contributed by atoms with Gasteiger partial charge in [-0.15, -0.1) is 0 Å². The molecule has 0 aliphatic carbocycles. The van der Waals surface area contributed by atoms with Gasteiger partial charge >= 0.3 is 0 Å². The molecule has 0 atom stereocenters. The van der Waals surface area contributed by atoms with Crippen molar-refractivity contribution in [2.45, 2.75) is 0 Å². The molecule has 0 aromatic heterocycles. The smallest absolute Gasteiger partial charge is 0.272 e. The van der Waals surface area contributed by atoms with Crippen LogP contribution in [0, 0.1) is 0 Å². The SMILES string of the molecule is C=CCOc1ccc(Br)cc1/C=N\NC(=O)c1ccc(Cl)cc1Cl. The van der Waals surface area contributed by atoms with Gasteiger partial charge in [-0.2, -0.15) is 5.10 Å². The fourth-order valence-corrected chi connectivity index (χ4v) is 2.67. The van der Waals surface area contributed by atoms with Gasteiger partial charge in [0.2, 0.25) is 0 Å². The Bertz CT molecular complexity index is 794. The lowest BCUT2D eigenvalue weighted by atomic mass is 10.2. The zero-order valence-electron chi connectivity index (χ0n) is 12.4. The molecule has 2 aromatic rings. The number of hydrogen-bond donors (Lipinski definition) is 1. The third kappa shape index (κ3) is 5.09. The summed E-state index contributed by atoms with van der Waals surface area (Å²) in [7, 11) is 0. The number of carbonyl (C=O) groups excluding carboxylic acids is 1. The molecule has 7 heteroatoms. The van der Waals surface area contributed by atoms with Crippen LogP contribution in [0.3, 0.4) is 0 Å². The zero-order valence-corrected chi connectivity index (χ0v) is 15.5. The zero-order chi connectivity index (χ0) is 17.5. The lowest BCUT2D eigenvalue weighted by Crippen LogP contribution is -2.18. The second kappa shape index (κ2) is 8.87. The first kappa shape index (κ1) is 18.5. The number of ether oxygens (including phenoxy) is 1. The minimum Gasteiger partial charge on any atom is -0.489 e. The van der Waals surface area contributed by atoms with E-state index in [1.54, 1.807) is 18.2 Å². The molecule has 0 aliphatic heterocycles. The van der Waals surface area contributed by atoms with Crippen molar-refractivity contribution in [1.29, 1.82) is 0 Å². The first-order chi connectivity index (χ1) is 11.5. The van der Waals surface area contributed by atoms with Crippen LogP contribution in [-0.4, -0.2) is 18.7 Å². The van der Waals surface area contributed by atoms with Crippen molar-refractivity contribution in [3.63, 3.8) is 0 Å². The van der Waals surface area contributed by atoms with Crippen LogP contribution in [-0.2, 0) is 0 Å². The van der Waals surface area contributed by atoms with Gasteiger partial charge in [0.25, 0.3) is 5.91 Å². The summed E-state index contributed by atoms with van der Waals surface area (Å²) >= 11 is 15.2. The molecular weight excluding hydrogens is 415 g/mol. The van der Waals surface area contributed by atoms with Crippen LogP contribution in [0.1, 0.15) is 15.9 Å². The van der Waals surface area contributed by atoms with Gasteiger partial charge < -0.3 is 4.74 Å². The summed E-state index contributed by atoms with van der Waals surface area (Å²) in [5.74, 6) is 0.192. The molecule has 1 N–H and O–H groups in total. The van der Waals surface area contributed by atoms with E-state index in [-0.39, 0.29) is 10.6 Å². The fraction of sp³-hybridized carbons (Fsp3) is 0.0588. The summed E-state index contributed by atoms with van der Waals surface area (Å²) < 4.78 is 6.40. The minimum atomic E-state index is -0.434. The van der Waals surface area contributed by atoms with E-state index in [1.807, 2.05) is 12.1 Å². The van der Waals surface area contributed by atoms with Crippen molar-refractivity contribution in [2.75, 3.05) is 6.61 Å². The molecule has 0 bridgehead atoms. The minimum absolute atomic E-state index is 0.257. The Hall–Kier alpha value is -1.82. The van der Waals surface area contributed by atoms with Gasteiger partial charge in [0.15, 0.2) is 0 Å². The molecule has 4 nitrogen and oxygen atoms in total. The predicted octanol–water partition coefficient (Wildman–Crippen LogP) is 5.08. The predicted molar refractivity (Wildman–Crippen MR) is 101 cm³/mol. The number of halogens is 3. The quantitative estimate of drug-likeness (QED) is 0.396. The van der Waals surface area contributed by atoms with E-state index in [4.69, 9.17) is 27.9 Å². The topological polar surface area (TPSA) is 50.7 Å². The third-order valence-electron chi connectivity index (χ3n) is 2.87. The summed E-state index contributed by atoms with van der Waals surface area (Å²) in [6.45, 7) is 3.98. The van der Waals surface area contributed by atoms with Crippen LogP contribution in [0.25, 0.3) is 0 Å². The number of benzene rings is 2. The van der Waals surface area contributed by atoms with Crippen molar-refractivity contribution < 1.29 is 9.53 Å². The molecule has 0 saturated carbocycles. The monoisotopic (exact) mass is 426 g/mol. The van der Waals surface area contributed by atoms with Crippen molar-refractivity contribution in [3.05, 3.63) is 74.7 Å². The number of amides is 1. The lowest BCUT2D eigenvalue weighted by molar-refractivity contribution is 0.0955. The van der Waals surface area contributed by atoms with Crippen molar-refractivity contribution >= 4 is 51.3 Å². The number of hydrazone groups is 1. The first-order valence-corrected chi connectivity index (χ1v) is 8.38. The van der Waals surface area contributed by atoms with E-state index in [9.17, 15) is 4.79 Å². The molecule has 24 heavy (non-hydrogen) atoms. The number of nitrogens with zero attached hydrogens (tertiary/aromatic N) is 1. The molecule has 0 spiro atoms. The molecule has 2 rings (SSSR count). The van der Waals surface area contributed by atoms with E-state index < -0.39 is 5.91 Å². The normalized spacial score (nSPS) is 10.6. The number of nitrogens with one attached hydrogen (secondary N) is 1. The highest BCUT2D eigenvalue weighted by Crippen LogP contribution is 2.22. The third-order valence-corrected chi connectivity index (χ3v) is 3.92. The summed E-state index contributed by atoms with van der Waals surface area (Å²) in [5, 5.41) is 4.66. The lowest BCUT2D eigenvalue weighted by Gasteiger charge is -2.07. The van der Waals surface area contributed by atoms with Crippen LogP contribution in [0.5, 0.6) is 5.75 Å². The average Bonchev–Trinajstić information content (AvgIpc) is 2.54. The van der Waals surface area contributed by atoms with Crippen molar-refractivity contribution in [1.82, 2.24) is 5.43 Å². The highest BCUT2D eigenvalue weighted by molar-refractivity contribution is 9.10. The van der Waals surface area contributed by atoms with E-state index in [0.717, 1.165) is 4.47 Å². The van der Waals surface area contributed by atoms with Gasteiger partial charge in [0, 0.05) is 15.1 Å². The second-order valence-electron chi connectivity index (χ2n) is 4.61. The maximum Gasteiger partial charge on any atom is 0.272 e. The summed E-state index contributed by atoms with van der Waals surface area (Å²) in [4.78, 5) is 12.1. The summed E-state index contributed by atoms with van der Waals surface area (Å²) in [6, 6.07) is 10.1. The number of hydrogen-bond acceptors (Lipinski definition) is 3. The maximum absolute atomic E-state index is 12.1. The summed E-state index contributed by atoms with van der Waals surface area (Å²) in [6.07, 6.45) is 3.14. The van der Waals surface area contributed by atoms with Gasteiger partial charge in [-0.1, -0.05) is 51.8 Å². The molecule has 0 radical (unpaired) electrons. The second-order valence-corrected chi connectivity index (χ2v) is 6.36. The highest BCUT2D eigenvalue weighted by Gasteiger charge is 2.10. The Balaban J connectivity index is 2.12. The van der Waals surface area contributed by atoms with Gasteiger partial charge in [0.05, 0.1) is 16.8 Å². The van der Waals surface area contributed by atoms with Crippen LogP contribution >= 0.6 is 39.1 Å². The maximum atomic E-state index is 12.1. The van der Waals surface area contributed by atoms with Crippen molar-refractivity contribution in [2.24, 2.45) is 5.10 Å². The Kier molecular flexibility index (Phi) is 6.85. The van der Waals surface area contributed by atoms with E-state index in [0.29, 0.717) is 22.9 Å². The van der Waals surface area contributed by atoms with Crippen LogP contribution in [0.2, 0.25) is 10.0 Å². The van der Waals surface area contributed by atoms with Crippen LogP contribution in [0.4, 0.5) is 0 Å². The molecule has 124 valence electrons. The van der Waals surface area contributed by atoms with Gasteiger partial charge in [-0.05, 0) is 36.4 Å². The van der Waals surface area contributed by atoms with Crippen LogP contribution in [0.15, 0.2) is 58.6 Å². The molecule has 0 aliphatic rings. The highest BCUT2D eigenvalue weighted by atomic mass is 79.9. The van der Waals surface area contributed by atoms with Crippen molar-refractivity contribution in [3.8, 4) is 5.75 Å². The first-order valence-electron chi connectivity index (χ1n) is 6.83. The molecule has 1 amide bonds. The molecule has 0 heterocycles. The van der Waals surface area contributed by atoms with Gasteiger partial charge in [-0.3, -0.25) is 4.79 Å². The van der Waals surface area contributed by atoms with E-state index in [2.05, 4.69) is 33.0 Å². The number of carbonyl (C=O) groups is 1. The van der Waals surface area contributed by atoms with E-state index >= 15 is 0 Å². The van der Waals surface area contributed by atoms with Crippen LogP contribution < -0.4 is 10.2 Å². The Morgan fingerprint density at radius 2 is 2.08 bits per heavy atom. The molecule has 0 saturated heterocycles. The number of rotatable bonds is 6. The van der Waals surface area contributed by atoms with Gasteiger partial charge in [0.1, 0.15) is 12.4 Å². The molecule has 2 aromatic carbocycles. The Morgan fingerprint density at radius 3 is 2.79 bits per heavy atom. The van der Waals surface area contributed by atoms with E-state index in [1.165, 1.54) is 18.3 Å². The Morgan fingerprint density at radius 1 is 1.29 bits per heavy atom.